The molecule has 4 rings (SSSR count). The average Bonchev–Trinajstić information content (AvgIpc) is 3.24. The molecule has 4 aromatic carbocycles. The molecule has 0 saturated carbocycles. The zero-order chi connectivity index (χ0) is 40.5. The van der Waals surface area contributed by atoms with E-state index in [-0.39, 0.29) is 0 Å². The quantitative estimate of drug-likeness (QED) is 0.107. The standard InChI is InChI=1S/C56H58/c1-11-19-29-45(17-7)51-39-40-52(46(18-8)30-20-12-2)56(55(51)48-33-25-22-26-34-48)50-37-35-49(36-38-50)54(42(10)44(16-6)28-14-4)53(47-31-23-21-24-32-47)41(9)43(15-5)27-13-3/h11-40H,1-2H2,3-10H3/b27-13-,28-14-,29-19-,30-20-,43-15+,44-16?,45-17+,46-18+,53-41+,54-42+. The third kappa shape index (κ3) is 9.89. The van der Waals surface area contributed by atoms with Crippen molar-refractivity contribution in [1.82, 2.24) is 0 Å². The first-order valence-corrected chi connectivity index (χ1v) is 19.6. The second kappa shape index (κ2) is 21.6. The molecule has 0 aliphatic heterocycles. The van der Waals surface area contributed by atoms with Gasteiger partial charge < -0.3 is 0 Å². The molecule has 0 heteroatoms. The minimum atomic E-state index is 1.13. The van der Waals surface area contributed by atoms with E-state index in [9.17, 15) is 0 Å². The molecule has 56 heavy (non-hydrogen) atoms. The van der Waals surface area contributed by atoms with Crippen LogP contribution >= 0.6 is 0 Å². The fraction of sp³-hybridized carbons (Fsp3) is 0.143. The third-order valence-corrected chi connectivity index (χ3v) is 10.0. The minimum absolute atomic E-state index is 1.13. The lowest BCUT2D eigenvalue weighted by Crippen LogP contribution is -2.01. The van der Waals surface area contributed by atoms with Crippen LogP contribution in [-0.2, 0) is 0 Å². The van der Waals surface area contributed by atoms with Crippen molar-refractivity contribution in [3.8, 4) is 22.3 Å². The van der Waals surface area contributed by atoms with Crippen molar-refractivity contribution >= 4 is 22.3 Å². The van der Waals surface area contributed by atoms with Gasteiger partial charge >= 0.3 is 0 Å². The van der Waals surface area contributed by atoms with Crippen molar-refractivity contribution in [2.75, 3.05) is 0 Å². The fourth-order valence-corrected chi connectivity index (χ4v) is 7.34. The number of allylic oxidation sites excluding steroid dienone is 22. The van der Waals surface area contributed by atoms with Gasteiger partial charge in [-0.15, -0.1) is 0 Å². The van der Waals surface area contributed by atoms with Gasteiger partial charge in [0.05, 0.1) is 0 Å². The Labute approximate surface area is 338 Å². The van der Waals surface area contributed by atoms with Crippen LogP contribution < -0.4 is 0 Å². The second-order valence-corrected chi connectivity index (χ2v) is 13.4. The van der Waals surface area contributed by atoms with E-state index in [4.69, 9.17) is 0 Å². The largest absolute Gasteiger partial charge is 0.0991 e. The Morgan fingerprint density at radius 3 is 1.20 bits per heavy atom. The van der Waals surface area contributed by atoms with Gasteiger partial charge in [-0.25, -0.2) is 0 Å². The van der Waals surface area contributed by atoms with E-state index < -0.39 is 0 Å². The SMILES string of the molecule is C=C/C=C\C(=C/C)c1ccc(C(/C=C\C=C)=C/C)c(-c2ccc(C(=C(/C)C(=CC)/C=C\C)/C(=C(C)/C(/C=C\C)=C/C)c3ccccc3)cc2)c1-c1ccccc1. The Bertz CT molecular complexity index is 2300. The molecular weight excluding hydrogens is 673 g/mol. The molecule has 0 unspecified atom stereocenters. The maximum atomic E-state index is 3.97. The topological polar surface area (TPSA) is 0 Å². The zero-order valence-corrected chi connectivity index (χ0v) is 34.7. The summed E-state index contributed by atoms with van der Waals surface area (Å²) in [5, 5.41) is 0. The van der Waals surface area contributed by atoms with E-state index in [0.29, 0.717) is 0 Å². The highest BCUT2D eigenvalue weighted by Crippen LogP contribution is 2.45. The molecule has 0 aliphatic carbocycles. The molecule has 0 spiro atoms. The second-order valence-electron chi connectivity index (χ2n) is 13.4. The summed E-state index contributed by atoms with van der Waals surface area (Å²) in [6, 6.07) is 35.3. The van der Waals surface area contributed by atoms with E-state index in [0.717, 1.165) is 39.0 Å². The molecule has 0 amide bonds. The van der Waals surface area contributed by atoms with E-state index in [1.165, 1.54) is 50.1 Å². The Balaban J connectivity index is 2.19. The van der Waals surface area contributed by atoms with Crippen molar-refractivity contribution in [3.63, 3.8) is 0 Å². The van der Waals surface area contributed by atoms with Gasteiger partial charge in [-0.05, 0) is 144 Å². The van der Waals surface area contributed by atoms with Crippen molar-refractivity contribution in [3.05, 3.63) is 240 Å². The van der Waals surface area contributed by atoms with Gasteiger partial charge in [0, 0.05) is 0 Å². The number of benzene rings is 4. The molecule has 0 aromatic heterocycles. The first-order valence-electron chi connectivity index (χ1n) is 19.6. The molecule has 0 atom stereocenters. The Morgan fingerprint density at radius 2 is 0.821 bits per heavy atom. The lowest BCUT2D eigenvalue weighted by molar-refractivity contribution is 1.36. The summed E-state index contributed by atoms with van der Waals surface area (Å²) in [6.07, 6.45) is 29.4. The summed E-state index contributed by atoms with van der Waals surface area (Å²) in [7, 11) is 0. The van der Waals surface area contributed by atoms with Crippen molar-refractivity contribution in [1.29, 1.82) is 0 Å². The zero-order valence-electron chi connectivity index (χ0n) is 34.7. The highest BCUT2D eigenvalue weighted by Gasteiger charge is 2.22. The van der Waals surface area contributed by atoms with Crippen LogP contribution in [0.5, 0.6) is 0 Å². The average molecular weight is 731 g/mol. The van der Waals surface area contributed by atoms with Gasteiger partial charge in [0.1, 0.15) is 0 Å². The van der Waals surface area contributed by atoms with Gasteiger partial charge in [0.25, 0.3) is 0 Å². The lowest BCUT2D eigenvalue weighted by Gasteiger charge is -2.23. The summed E-state index contributed by atoms with van der Waals surface area (Å²) < 4.78 is 0. The van der Waals surface area contributed by atoms with Gasteiger partial charge in [-0.1, -0.05) is 195 Å². The highest BCUT2D eigenvalue weighted by molar-refractivity contribution is 6.10. The van der Waals surface area contributed by atoms with Gasteiger partial charge in [0.2, 0.25) is 0 Å². The molecular formula is C56H58. The predicted octanol–water partition coefficient (Wildman–Crippen LogP) is 16.6. The highest BCUT2D eigenvalue weighted by atomic mass is 14.3. The van der Waals surface area contributed by atoms with Crippen LogP contribution in [0.4, 0.5) is 0 Å². The Hall–Kier alpha value is -6.24. The third-order valence-electron chi connectivity index (χ3n) is 10.0. The van der Waals surface area contributed by atoms with Gasteiger partial charge in [-0.3, -0.25) is 0 Å². The first-order chi connectivity index (χ1) is 27.3. The molecule has 0 N–H and O–H groups in total. The van der Waals surface area contributed by atoms with Crippen LogP contribution in [0, 0.1) is 0 Å². The maximum Gasteiger partial charge on any atom is -0.00207 e. The van der Waals surface area contributed by atoms with Crippen molar-refractivity contribution < 1.29 is 0 Å². The molecule has 0 nitrogen and oxygen atoms in total. The molecule has 0 radical (unpaired) electrons. The summed E-state index contributed by atoms with van der Waals surface area (Å²) >= 11 is 0. The lowest BCUT2D eigenvalue weighted by atomic mass is 9.80. The monoisotopic (exact) mass is 730 g/mol. The normalized spacial score (nSPS) is 14.2. The first kappa shape index (κ1) is 42.5. The van der Waals surface area contributed by atoms with Gasteiger partial charge in [0.15, 0.2) is 0 Å². The van der Waals surface area contributed by atoms with Crippen LogP contribution in [0.25, 0.3) is 44.5 Å². The summed E-state index contributed by atoms with van der Waals surface area (Å²) in [4.78, 5) is 0. The fourth-order valence-electron chi connectivity index (χ4n) is 7.34. The predicted molar refractivity (Wildman–Crippen MR) is 252 cm³/mol. The van der Waals surface area contributed by atoms with Crippen LogP contribution in [0.2, 0.25) is 0 Å². The molecule has 0 bridgehead atoms. The summed E-state index contributed by atoms with van der Waals surface area (Å²) in [5.41, 5.74) is 18.9. The summed E-state index contributed by atoms with van der Waals surface area (Å²) in [6.45, 7) is 25.0. The minimum Gasteiger partial charge on any atom is -0.0991 e. The number of hydrogen-bond acceptors (Lipinski definition) is 0. The Kier molecular flexibility index (Phi) is 16.4. The smallest absolute Gasteiger partial charge is 0.00207 e. The van der Waals surface area contributed by atoms with Crippen LogP contribution in [0.15, 0.2) is 218 Å². The van der Waals surface area contributed by atoms with Gasteiger partial charge in [-0.2, -0.15) is 0 Å². The maximum absolute atomic E-state index is 3.97. The molecule has 0 saturated heterocycles. The summed E-state index contributed by atoms with van der Waals surface area (Å²) in [5.74, 6) is 0. The molecule has 0 heterocycles. The number of hydrogen-bond donors (Lipinski definition) is 0. The van der Waals surface area contributed by atoms with Crippen LogP contribution in [0.1, 0.15) is 77.6 Å². The molecule has 282 valence electrons. The van der Waals surface area contributed by atoms with Crippen molar-refractivity contribution in [2.24, 2.45) is 0 Å². The Morgan fingerprint density at radius 1 is 0.429 bits per heavy atom. The van der Waals surface area contributed by atoms with Crippen molar-refractivity contribution in [2.45, 2.75) is 55.4 Å². The van der Waals surface area contributed by atoms with Crippen LogP contribution in [0.3, 0.4) is 0 Å². The molecule has 4 aromatic rings. The van der Waals surface area contributed by atoms with E-state index in [1.54, 1.807) is 0 Å². The van der Waals surface area contributed by atoms with E-state index in [2.05, 4.69) is 226 Å². The van der Waals surface area contributed by atoms with E-state index in [1.807, 2.05) is 24.3 Å². The molecule has 0 fully saturated rings. The van der Waals surface area contributed by atoms with Crippen LogP contribution in [-0.4, -0.2) is 0 Å². The molecule has 0 aliphatic rings. The van der Waals surface area contributed by atoms with E-state index >= 15 is 0 Å². The number of rotatable bonds is 15.